The van der Waals surface area contributed by atoms with Gasteiger partial charge in [0.25, 0.3) is 0 Å². The minimum atomic E-state index is 0.224. The number of phenols is 1. The number of aromatic hydroxyl groups is 1. The Hall–Kier alpha value is -2.40. The minimum Gasteiger partial charge on any atom is -0.504 e. The van der Waals surface area contributed by atoms with E-state index in [2.05, 4.69) is 17.9 Å². The van der Waals surface area contributed by atoms with Crippen LogP contribution in [0.25, 0.3) is 0 Å². The molecule has 0 aliphatic carbocycles. The van der Waals surface area contributed by atoms with Gasteiger partial charge < -0.3 is 19.3 Å². The molecular weight excluding hydrogens is 318 g/mol. The van der Waals surface area contributed by atoms with Crippen LogP contribution in [0, 0.1) is 0 Å². The van der Waals surface area contributed by atoms with Crippen LogP contribution in [0.15, 0.2) is 24.3 Å². The molecule has 3 aliphatic heterocycles. The van der Waals surface area contributed by atoms with E-state index in [-0.39, 0.29) is 11.8 Å². The van der Waals surface area contributed by atoms with Gasteiger partial charge in [-0.15, -0.1) is 0 Å². The maximum atomic E-state index is 10.1. The van der Waals surface area contributed by atoms with Gasteiger partial charge >= 0.3 is 0 Å². The van der Waals surface area contributed by atoms with Gasteiger partial charge in [-0.3, -0.25) is 4.90 Å². The molecule has 0 fully saturated rings. The van der Waals surface area contributed by atoms with E-state index < -0.39 is 0 Å². The summed E-state index contributed by atoms with van der Waals surface area (Å²) in [6.07, 6.45) is 0.928. The molecule has 5 rings (SSSR count). The van der Waals surface area contributed by atoms with Crippen molar-refractivity contribution in [3.05, 3.63) is 46.5 Å². The molecule has 0 saturated heterocycles. The average Bonchev–Trinajstić information content (AvgIpc) is 3.10. The van der Waals surface area contributed by atoms with Crippen molar-refractivity contribution in [3.8, 4) is 23.0 Å². The molecule has 25 heavy (non-hydrogen) atoms. The third-order valence-corrected chi connectivity index (χ3v) is 5.82. The maximum Gasteiger partial charge on any atom is 0.231 e. The van der Waals surface area contributed by atoms with Gasteiger partial charge in [-0.1, -0.05) is 13.0 Å². The molecule has 0 amide bonds. The summed E-state index contributed by atoms with van der Waals surface area (Å²) < 4.78 is 16.6. The van der Waals surface area contributed by atoms with Gasteiger partial charge in [-0.25, -0.2) is 0 Å². The fourth-order valence-corrected chi connectivity index (χ4v) is 4.65. The molecule has 3 aliphatic rings. The lowest BCUT2D eigenvalue weighted by Crippen LogP contribution is -2.41. The summed E-state index contributed by atoms with van der Waals surface area (Å²) in [7, 11) is 1.60. The van der Waals surface area contributed by atoms with Gasteiger partial charge in [-0.2, -0.15) is 0 Å². The van der Waals surface area contributed by atoms with E-state index in [1.54, 1.807) is 7.11 Å². The van der Waals surface area contributed by atoms with E-state index in [9.17, 15) is 5.11 Å². The molecule has 0 bridgehead atoms. The van der Waals surface area contributed by atoms with E-state index in [1.807, 2.05) is 18.2 Å². The quantitative estimate of drug-likeness (QED) is 0.863. The molecular formula is C20H21NO4. The highest BCUT2D eigenvalue weighted by molar-refractivity contribution is 5.56. The lowest BCUT2D eigenvalue weighted by molar-refractivity contribution is 0.133. The highest BCUT2D eigenvalue weighted by Crippen LogP contribution is 2.51. The van der Waals surface area contributed by atoms with Gasteiger partial charge in [0.15, 0.2) is 23.0 Å². The highest BCUT2D eigenvalue weighted by Gasteiger charge is 2.40. The number of hydrogen-bond donors (Lipinski definition) is 1. The second kappa shape index (κ2) is 5.30. The Morgan fingerprint density at radius 2 is 2.08 bits per heavy atom. The first kappa shape index (κ1) is 14.9. The molecule has 2 atom stereocenters. The molecule has 0 unspecified atom stereocenters. The maximum absolute atomic E-state index is 10.1. The Bertz CT molecular complexity index is 863. The van der Waals surface area contributed by atoms with Crippen molar-refractivity contribution in [2.75, 3.05) is 20.4 Å². The van der Waals surface area contributed by atoms with Gasteiger partial charge in [0.2, 0.25) is 6.79 Å². The van der Waals surface area contributed by atoms with Crippen molar-refractivity contribution < 1.29 is 19.3 Å². The van der Waals surface area contributed by atoms with Crippen LogP contribution in [0.4, 0.5) is 0 Å². The Kier molecular flexibility index (Phi) is 3.16. The van der Waals surface area contributed by atoms with Crippen molar-refractivity contribution in [3.63, 3.8) is 0 Å². The zero-order valence-corrected chi connectivity index (χ0v) is 14.4. The highest BCUT2D eigenvalue weighted by atomic mass is 16.7. The summed E-state index contributed by atoms with van der Waals surface area (Å²) in [4.78, 5) is 2.51. The number of methoxy groups -OCH3 is 1. The number of ether oxygens (including phenoxy) is 3. The largest absolute Gasteiger partial charge is 0.504 e. The van der Waals surface area contributed by atoms with Crippen molar-refractivity contribution in [1.82, 2.24) is 4.90 Å². The number of fused-ring (bicyclic) bond motifs is 6. The third kappa shape index (κ3) is 2.05. The van der Waals surface area contributed by atoms with Gasteiger partial charge in [0, 0.05) is 30.6 Å². The predicted octanol–water partition coefficient (Wildman–Crippen LogP) is 3.35. The van der Waals surface area contributed by atoms with Crippen LogP contribution in [0.3, 0.4) is 0 Å². The standard InChI is InChI=1S/C20H21NO4/c1-11-13-3-4-17-20(25-10-24-17)15(13)9-21-6-5-12-7-16(22)18(23-2)8-14(12)19(11)21/h3-4,7-8,11,19,22H,5-6,9-10H2,1-2H3/t11-,19+/m0/s1. The molecule has 0 aromatic heterocycles. The lowest BCUT2D eigenvalue weighted by atomic mass is 9.77. The average molecular weight is 339 g/mol. The van der Waals surface area contributed by atoms with Gasteiger partial charge in [-0.05, 0) is 41.3 Å². The summed E-state index contributed by atoms with van der Waals surface area (Å²) in [6.45, 7) is 4.41. The summed E-state index contributed by atoms with van der Waals surface area (Å²) in [5.41, 5.74) is 5.06. The summed E-state index contributed by atoms with van der Waals surface area (Å²) >= 11 is 0. The first-order valence-corrected chi connectivity index (χ1v) is 8.72. The first-order valence-electron chi connectivity index (χ1n) is 8.72. The first-order chi connectivity index (χ1) is 12.2. The smallest absolute Gasteiger partial charge is 0.231 e. The number of hydrogen-bond acceptors (Lipinski definition) is 5. The van der Waals surface area contributed by atoms with E-state index in [0.29, 0.717) is 18.5 Å². The van der Waals surface area contributed by atoms with Crippen molar-refractivity contribution in [2.45, 2.75) is 31.8 Å². The van der Waals surface area contributed by atoms with Crippen molar-refractivity contribution >= 4 is 0 Å². The molecule has 0 saturated carbocycles. The molecule has 3 heterocycles. The fourth-order valence-electron chi connectivity index (χ4n) is 4.65. The van der Waals surface area contributed by atoms with Crippen LogP contribution in [0.1, 0.15) is 41.1 Å². The van der Waals surface area contributed by atoms with E-state index >= 15 is 0 Å². The van der Waals surface area contributed by atoms with Crippen LogP contribution >= 0.6 is 0 Å². The minimum absolute atomic E-state index is 0.224. The lowest BCUT2D eigenvalue weighted by Gasteiger charge is -2.45. The Labute approximate surface area is 146 Å². The third-order valence-electron chi connectivity index (χ3n) is 5.82. The summed E-state index contributed by atoms with van der Waals surface area (Å²) in [5, 5.41) is 10.1. The van der Waals surface area contributed by atoms with Crippen molar-refractivity contribution in [2.24, 2.45) is 0 Å². The topological polar surface area (TPSA) is 51.2 Å². The monoisotopic (exact) mass is 339 g/mol. The zero-order valence-electron chi connectivity index (χ0n) is 14.4. The fraction of sp³-hybridized carbons (Fsp3) is 0.400. The van der Waals surface area contributed by atoms with Crippen LogP contribution < -0.4 is 14.2 Å². The molecule has 2 aromatic rings. The van der Waals surface area contributed by atoms with Crippen molar-refractivity contribution in [1.29, 1.82) is 0 Å². The van der Waals surface area contributed by atoms with Crippen LogP contribution in [0.5, 0.6) is 23.0 Å². The molecule has 130 valence electrons. The molecule has 2 aromatic carbocycles. The summed E-state index contributed by atoms with van der Waals surface area (Å²) in [5.74, 6) is 2.86. The second-order valence-electron chi connectivity index (χ2n) is 7.04. The van der Waals surface area contributed by atoms with E-state index in [0.717, 1.165) is 31.0 Å². The van der Waals surface area contributed by atoms with Crippen LogP contribution in [-0.2, 0) is 13.0 Å². The normalized spacial score (nSPS) is 23.6. The van der Waals surface area contributed by atoms with Crippen LogP contribution in [-0.4, -0.2) is 30.5 Å². The Morgan fingerprint density at radius 1 is 1.20 bits per heavy atom. The SMILES string of the molecule is COc1cc2c(cc1O)CCN1Cc3c(ccc4c3OCO4)[C@H](C)[C@H]21. The summed E-state index contributed by atoms with van der Waals surface area (Å²) in [6, 6.07) is 8.36. The Morgan fingerprint density at radius 3 is 2.92 bits per heavy atom. The van der Waals surface area contributed by atoms with Gasteiger partial charge in [0.1, 0.15) is 0 Å². The van der Waals surface area contributed by atoms with Gasteiger partial charge in [0.05, 0.1) is 7.11 Å². The number of phenolic OH excluding ortho intramolecular Hbond substituents is 1. The van der Waals surface area contributed by atoms with E-state index in [4.69, 9.17) is 14.2 Å². The molecule has 5 heteroatoms. The Balaban J connectivity index is 1.63. The second-order valence-corrected chi connectivity index (χ2v) is 7.04. The van der Waals surface area contributed by atoms with E-state index in [1.165, 1.54) is 22.3 Å². The molecule has 0 spiro atoms. The number of nitrogens with zero attached hydrogens (tertiary/aromatic N) is 1. The number of rotatable bonds is 1. The van der Waals surface area contributed by atoms with Crippen LogP contribution in [0.2, 0.25) is 0 Å². The zero-order chi connectivity index (χ0) is 17.1. The molecule has 0 radical (unpaired) electrons. The number of benzene rings is 2. The predicted molar refractivity (Wildman–Crippen MR) is 92.5 cm³/mol. The molecule has 1 N–H and O–H groups in total. The molecule has 5 nitrogen and oxygen atoms in total.